The second kappa shape index (κ2) is 8.67. The summed E-state index contributed by atoms with van der Waals surface area (Å²) in [5.74, 6) is -0.0891. The number of benzene rings is 2. The lowest BCUT2D eigenvalue weighted by Crippen LogP contribution is -2.52. The third kappa shape index (κ3) is 4.21. The standard InChI is InChI=1S/C23H26N4O3/c1-17-15-21(28)24-19-9-5-6-10-20(19)27(17)22(29)16-25-11-13-26(14-12-25)23(30)18-7-3-2-4-8-18/h2-10,17H,11-16H2,1H3,(H,24,28)/t17-/m1/s1. The van der Waals surface area contributed by atoms with Crippen LogP contribution in [0.15, 0.2) is 54.6 Å². The smallest absolute Gasteiger partial charge is 0.253 e. The maximum absolute atomic E-state index is 13.2. The van der Waals surface area contributed by atoms with E-state index in [0.717, 1.165) is 5.69 Å². The van der Waals surface area contributed by atoms with E-state index in [1.165, 1.54) is 0 Å². The molecule has 2 aromatic carbocycles. The Bertz CT molecular complexity index is 938. The summed E-state index contributed by atoms with van der Waals surface area (Å²) in [7, 11) is 0. The minimum Gasteiger partial charge on any atom is -0.336 e. The number of anilines is 2. The van der Waals surface area contributed by atoms with Gasteiger partial charge < -0.3 is 15.1 Å². The number of nitrogens with one attached hydrogen (secondary N) is 1. The van der Waals surface area contributed by atoms with Crippen LogP contribution in [0.4, 0.5) is 11.4 Å². The van der Waals surface area contributed by atoms with Crippen molar-refractivity contribution in [1.29, 1.82) is 0 Å². The Morgan fingerprint density at radius 3 is 2.37 bits per heavy atom. The van der Waals surface area contributed by atoms with Crippen LogP contribution in [-0.2, 0) is 9.59 Å². The molecule has 1 fully saturated rings. The maximum Gasteiger partial charge on any atom is 0.253 e. The van der Waals surface area contributed by atoms with Crippen molar-refractivity contribution in [3.8, 4) is 0 Å². The van der Waals surface area contributed by atoms with E-state index in [0.29, 0.717) is 37.4 Å². The van der Waals surface area contributed by atoms with Crippen LogP contribution in [-0.4, -0.2) is 66.3 Å². The minimum atomic E-state index is -0.220. The van der Waals surface area contributed by atoms with E-state index in [4.69, 9.17) is 0 Å². The zero-order valence-corrected chi connectivity index (χ0v) is 17.1. The molecule has 156 valence electrons. The van der Waals surface area contributed by atoms with Crippen LogP contribution in [0, 0.1) is 0 Å². The van der Waals surface area contributed by atoms with Crippen LogP contribution in [0.5, 0.6) is 0 Å². The lowest BCUT2D eigenvalue weighted by Gasteiger charge is -2.36. The third-order valence-corrected chi connectivity index (χ3v) is 5.67. The van der Waals surface area contributed by atoms with Gasteiger partial charge in [0.15, 0.2) is 0 Å². The Labute approximate surface area is 176 Å². The van der Waals surface area contributed by atoms with Crippen LogP contribution in [0.1, 0.15) is 23.7 Å². The Kier molecular flexibility index (Phi) is 5.81. The molecule has 0 radical (unpaired) electrons. The van der Waals surface area contributed by atoms with Gasteiger partial charge in [0.05, 0.1) is 17.9 Å². The van der Waals surface area contributed by atoms with Gasteiger partial charge in [-0.25, -0.2) is 0 Å². The zero-order chi connectivity index (χ0) is 21.1. The summed E-state index contributed by atoms with van der Waals surface area (Å²) >= 11 is 0. The summed E-state index contributed by atoms with van der Waals surface area (Å²) in [6.45, 7) is 4.63. The van der Waals surface area contributed by atoms with E-state index in [9.17, 15) is 14.4 Å². The van der Waals surface area contributed by atoms with E-state index in [-0.39, 0.29) is 36.7 Å². The molecule has 4 rings (SSSR count). The highest BCUT2D eigenvalue weighted by Gasteiger charge is 2.31. The van der Waals surface area contributed by atoms with Crippen molar-refractivity contribution < 1.29 is 14.4 Å². The molecule has 0 aromatic heterocycles. The predicted octanol–water partition coefficient (Wildman–Crippen LogP) is 2.21. The van der Waals surface area contributed by atoms with E-state index in [2.05, 4.69) is 10.2 Å². The van der Waals surface area contributed by atoms with Gasteiger partial charge in [0.2, 0.25) is 11.8 Å². The summed E-state index contributed by atoms with van der Waals surface area (Å²) in [4.78, 5) is 43.6. The summed E-state index contributed by atoms with van der Waals surface area (Å²) in [6, 6.07) is 16.5. The number of para-hydroxylation sites is 2. The van der Waals surface area contributed by atoms with Crippen molar-refractivity contribution in [2.24, 2.45) is 0 Å². The highest BCUT2D eigenvalue weighted by molar-refractivity contribution is 6.05. The number of rotatable bonds is 3. The van der Waals surface area contributed by atoms with Gasteiger partial charge in [0.1, 0.15) is 0 Å². The van der Waals surface area contributed by atoms with E-state index in [1.54, 1.807) is 4.90 Å². The average Bonchev–Trinajstić information content (AvgIpc) is 2.88. The van der Waals surface area contributed by atoms with E-state index in [1.807, 2.05) is 66.4 Å². The molecule has 1 saturated heterocycles. The molecule has 1 N–H and O–H groups in total. The monoisotopic (exact) mass is 406 g/mol. The first-order valence-corrected chi connectivity index (χ1v) is 10.3. The Morgan fingerprint density at radius 1 is 0.967 bits per heavy atom. The first-order valence-electron chi connectivity index (χ1n) is 10.3. The Morgan fingerprint density at radius 2 is 1.63 bits per heavy atom. The normalized spacial score (nSPS) is 19.6. The predicted molar refractivity (Wildman–Crippen MR) is 115 cm³/mol. The first-order chi connectivity index (χ1) is 14.5. The average molecular weight is 406 g/mol. The fourth-order valence-electron chi connectivity index (χ4n) is 4.11. The number of hydrogen-bond acceptors (Lipinski definition) is 4. The van der Waals surface area contributed by atoms with Gasteiger partial charge in [-0.05, 0) is 31.2 Å². The number of nitrogens with zero attached hydrogens (tertiary/aromatic N) is 3. The molecular formula is C23H26N4O3. The van der Waals surface area contributed by atoms with Gasteiger partial charge in [0, 0.05) is 44.2 Å². The van der Waals surface area contributed by atoms with Crippen LogP contribution < -0.4 is 10.2 Å². The molecular weight excluding hydrogens is 380 g/mol. The lowest BCUT2D eigenvalue weighted by molar-refractivity contribution is -0.120. The van der Waals surface area contributed by atoms with Gasteiger partial charge >= 0.3 is 0 Å². The highest BCUT2D eigenvalue weighted by atomic mass is 16.2. The zero-order valence-electron chi connectivity index (χ0n) is 17.1. The summed E-state index contributed by atoms with van der Waals surface area (Å²) in [6.07, 6.45) is 0.264. The lowest BCUT2D eigenvalue weighted by atomic mass is 10.1. The molecule has 2 aromatic rings. The topological polar surface area (TPSA) is 73.0 Å². The fraction of sp³-hybridized carbons (Fsp3) is 0.348. The van der Waals surface area contributed by atoms with Crippen LogP contribution in [0.3, 0.4) is 0 Å². The molecule has 0 spiro atoms. The first kappa shape index (κ1) is 20.1. The Hall–Kier alpha value is -3.19. The van der Waals surface area contributed by atoms with Gasteiger partial charge in [-0.1, -0.05) is 30.3 Å². The van der Waals surface area contributed by atoms with Gasteiger partial charge in [-0.3, -0.25) is 19.3 Å². The molecule has 0 saturated carbocycles. The van der Waals surface area contributed by atoms with Crippen molar-refractivity contribution in [3.05, 3.63) is 60.2 Å². The molecule has 0 aliphatic carbocycles. The van der Waals surface area contributed by atoms with Gasteiger partial charge in [-0.2, -0.15) is 0 Å². The number of carbonyl (C=O) groups excluding carboxylic acids is 3. The molecule has 30 heavy (non-hydrogen) atoms. The third-order valence-electron chi connectivity index (χ3n) is 5.67. The second-order valence-electron chi connectivity index (χ2n) is 7.82. The van der Waals surface area contributed by atoms with Crippen LogP contribution >= 0.6 is 0 Å². The fourth-order valence-corrected chi connectivity index (χ4v) is 4.11. The second-order valence-corrected chi connectivity index (χ2v) is 7.82. The van der Waals surface area contributed by atoms with E-state index >= 15 is 0 Å². The number of hydrogen-bond donors (Lipinski definition) is 1. The van der Waals surface area contributed by atoms with Crippen molar-refractivity contribution >= 4 is 29.1 Å². The SMILES string of the molecule is C[C@@H]1CC(=O)Nc2ccccc2N1C(=O)CN1CCN(C(=O)c2ccccc2)CC1. The van der Waals surface area contributed by atoms with Gasteiger partial charge in [0.25, 0.3) is 5.91 Å². The number of carbonyl (C=O) groups is 3. The molecule has 1 atom stereocenters. The molecule has 7 nitrogen and oxygen atoms in total. The molecule has 0 bridgehead atoms. The quantitative estimate of drug-likeness (QED) is 0.848. The Balaban J connectivity index is 1.40. The van der Waals surface area contributed by atoms with Crippen molar-refractivity contribution in [1.82, 2.24) is 9.80 Å². The molecule has 2 aliphatic heterocycles. The molecule has 7 heteroatoms. The largest absolute Gasteiger partial charge is 0.336 e. The van der Waals surface area contributed by atoms with Crippen molar-refractivity contribution in [3.63, 3.8) is 0 Å². The number of fused-ring (bicyclic) bond motifs is 1. The molecule has 2 heterocycles. The molecule has 3 amide bonds. The van der Waals surface area contributed by atoms with Crippen LogP contribution in [0.2, 0.25) is 0 Å². The summed E-state index contributed by atoms with van der Waals surface area (Å²) in [5.41, 5.74) is 2.09. The minimum absolute atomic E-state index is 0.0289. The van der Waals surface area contributed by atoms with E-state index < -0.39 is 0 Å². The van der Waals surface area contributed by atoms with Gasteiger partial charge in [-0.15, -0.1) is 0 Å². The number of piperazine rings is 1. The van der Waals surface area contributed by atoms with Crippen molar-refractivity contribution in [2.75, 3.05) is 42.9 Å². The summed E-state index contributed by atoms with van der Waals surface area (Å²) < 4.78 is 0. The molecule has 0 unspecified atom stereocenters. The van der Waals surface area contributed by atoms with Crippen LogP contribution in [0.25, 0.3) is 0 Å². The summed E-state index contributed by atoms with van der Waals surface area (Å²) in [5, 5.41) is 2.88. The highest BCUT2D eigenvalue weighted by Crippen LogP contribution is 2.31. The maximum atomic E-state index is 13.2. The van der Waals surface area contributed by atoms with Crippen molar-refractivity contribution in [2.45, 2.75) is 19.4 Å². The number of amides is 3. The molecule has 2 aliphatic rings.